The molecular formula is C21H19BrClN7O2. The Morgan fingerprint density at radius 1 is 1.19 bits per heavy atom. The Hall–Kier alpha value is -3.24. The highest BCUT2D eigenvalue weighted by molar-refractivity contribution is 9.10. The van der Waals surface area contributed by atoms with E-state index in [4.69, 9.17) is 11.6 Å². The van der Waals surface area contributed by atoms with Gasteiger partial charge in [0, 0.05) is 18.8 Å². The number of anilines is 1. The van der Waals surface area contributed by atoms with Crippen LogP contribution in [0.2, 0.25) is 5.02 Å². The summed E-state index contributed by atoms with van der Waals surface area (Å²) in [5.74, 6) is -0.503. The van der Waals surface area contributed by atoms with Crippen LogP contribution in [0.1, 0.15) is 39.9 Å². The van der Waals surface area contributed by atoms with E-state index in [0.717, 1.165) is 11.9 Å². The molecule has 2 N–H and O–H groups in total. The quantitative estimate of drug-likeness (QED) is 0.402. The van der Waals surface area contributed by atoms with Gasteiger partial charge in [-0.2, -0.15) is 10.2 Å². The van der Waals surface area contributed by atoms with E-state index >= 15 is 0 Å². The largest absolute Gasteiger partial charge is 0.351 e. The van der Waals surface area contributed by atoms with Gasteiger partial charge in [-0.25, -0.2) is 14.2 Å². The normalized spacial score (nSPS) is 11.0. The molecule has 32 heavy (non-hydrogen) atoms. The summed E-state index contributed by atoms with van der Waals surface area (Å²) in [6, 6.07) is 8.55. The Labute approximate surface area is 196 Å². The Bertz CT molecular complexity index is 1330. The van der Waals surface area contributed by atoms with Crippen LogP contribution in [0.25, 0.3) is 11.3 Å². The number of aryl methyl sites for hydroxylation is 1. The van der Waals surface area contributed by atoms with Crippen LogP contribution in [0, 0.1) is 6.92 Å². The number of fused-ring (bicyclic) bond motifs is 1. The first kappa shape index (κ1) is 22.0. The monoisotopic (exact) mass is 515 g/mol. The maximum Gasteiger partial charge on any atom is 0.274 e. The molecule has 0 atom stereocenters. The second-order valence-electron chi connectivity index (χ2n) is 7.00. The predicted octanol–water partition coefficient (Wildman–Crippen LogP) is 4.03. The minimum absolute atomic E-state index is 0.192. The Morgan fingerprint density at radius 3 is 2.75 bits per heavy atom. The van der Waals surface area contributed by atoms with E-state index < -0.39 is 5.91 Å². The SMILES string of the molecule is CCCNC(=O)c1c(NC(=O)c2cc(Br)nn2-c2ncccc2Cl)c(C)cc2ccnn12. The molecule has 4 rings (SSSR count). The highest BCUT2D eigenvalue weighted by Crippen LogP contribution is 2.26. The summed E-state index contributed by atoms with van der Waals surface area (Å²) in [6.07, 6.45) is 3.94. The molecule has 4 heterocycles. The van der Waals surface area contributed by atoms with Crippen molar-refractivity contribution in [3.05, 3.63) is 69.3 Å². The fourth-order valence-corrected chi connectivity index (χ4v) is 3.85. The number of carbonyl (C=O) groups excluding carboxylic acids is 2. The van der Waals surface area contributed by atoms with Crippen LogP contribution in [-0.2, 0) is 0 Å². The fraction of sp³-hybridized carbons (Fsp3) is 0.190. The summed E-state index contributed by atoms with van der Waals surface area (Å²) < 4.78 is 3.29. The molecule has 164 valence electrons. The van der Waals surface area contributed by atoms with Crippen molar-refractivity contribution in [1.29, 1.82) is 0 Å². The fourth-order valence-electron chi connectivity index (χ4n) is 3.27. The third-order valence-electron chi connectivity index (χ3n) is 4.72. The van der Waals surface area contributed by atoms with Crippen LogP contribution in [0.4, 0.5) is 5.69 Å². The number of hydrogen-bond acceptors (Lipinski definition) is 5. The lowest BCUT2D eigenvalue weighted by Crippen LogP contribution is -2.29. The van der Waals surface area contributed by atoms with E-state index in [1.54, 1.807) is 36.7 Å². The van der Waals surface area contributed by atoms with E-state index in [-0.39, 0.29) is 17.3 Å². The van der Waals surface area contributed by atoms with Crippen LogP contribution >= 0.6 is 27.5 Å². The summed E-state index contributed by atoms with van der Waals surface area (Å²) in [6.45, 7) is 4.29. The highest BCUT2D eigenvalue weighted by atomic mass is 79.9. The van der Waals surface area contributed by atoms with Crippen LogP contribution in [0.15, 0.2) is 47.3 Å². The molecule has 0 aromatic carbocycles. The van der Waals surface area contributed by atoms with Gasteiger partial charge in [0.1, 0.15) is 10.3 Å². The molecular weight excluding hydrogens is 498 g/mol. The number of nitrogens with one attached hydrogen (secondary N) is 2. The first-order chi connectivity index (χ1) is 15.4. The van der Waals surface area contributed by atoms with Gasteiger partial charge >= 0.3 is 0 Å². The van der Waals surface area contributed by atoms with Crippen LogP contribution in [0.5, 0.6) is 0 Å². The molecule has 0 aliphatic carbocycles. The number of hydrogen-bond donors (Lipinski definition) is 2. The molecule has 0 aliphatic heterocycles. The summed E-state index contributed by atoms with van der Waals surface area (Å²) >= 11 is 9.57. The van der Waals surface area contributed by atoms with Gasteiger partial charge in [0.15, 0.2) is 11.5 Å². The van der Waals surface area contributed by atoms with Gasteiger partial charge in [0.25, 0.3) is 11.8 Å². The van der Waals surface area contributed by atoms with Crippen molar-refractivity contribution in [2.45, 2.75) is 20.3 Å². The molecule has 9 nitrogen and oxygen atoms in total. The zero-order valence-corrected chi connectivity index (χ0v) is 19.6. The van der Waals surface area contributed by atoms with Crippen molar-refractivity contribution in [2.24, 2.45) is 0 Å². The van der Waals surface area contributed by atoms with Gasteiger partial charge in [-0.15, -0.1) is 0 Å². The maximum atomic E-state index is 13.3. The summed E-state index contributed by atoms with van der Waals surface area (Å²) in [7, 11) is 0. The van der Waals surface area contributed by atoms with Crippen LogP contribution in [0.3, 0.4) is 0 Å². The average Bonchev–Trinajstić information content (AvgIpc) is 3.38. The van der Waals surface area contributed by atoms with Crippen molar-refractivity contribution in [2.75, 3.05) is 11.9 Å². The Morgan fingerprint density at radius 2 is 2.00 bits per heavy atom. The predicted molar refractivity (Wildman–Crippen MR) is 125 cm³/mol. The molecule has 4 aromatic rings. The van der Waals surface area contributed by atoms with E-state index in [2.05, 4.69) is 41.7 Å². The lowest BCUT2D eigenvalue weighted by molar-refractivity contribution is 0.0947. The number of nitrogens with zero attached hydrogens (tertiary/aromatic N) is 5. The Kier molecular flexibility index (Phi) is 6.24. The van der Waals surface area contributed by atoms with Gasteiger partial charge in [-0.3, -0.25) is 9.59 Å². The summed E-state index contributed by atoms with van der Waals surface area (Å²) in [5, 5.41) is 14.6. The van der Waals surface area contributed by atoms with Gasteiger partial charge in [0.05, 0.1) is 22.4 Å². The van der Waals surface area contributed by atoms with Crippen molar-refractivity contribution in [3.8, 4) is 5.82 Å². The van der Waals surface area contributed by atoms with E-state index in [9.17, 15) is 9.59 Å². The molecule has 0 saturated carbocycles. The zero-order valence-electron chi connectivity index (χ0n) is 17.3. The third-order valence-corrected chi connectivity index (χ3v) is 5.40. The van der Waals surface area contributed by atoms with Gasteiger partial charge in [-0.1, -0.05) is 18.5 Å². The number of amides is 2. The number of rotatable bonds is 6. The maximum absolute atomic E-state index is 13.3. The molecule has 0 saturated heterocycles. The number of carbonyl (C=O) groups is 2. The number of pyridine rings is 2. The molecule has 2 amide bonds. The molecule has 0 spiro atoms. The minimum atomic E-state index is -0.482. The van der Waals surface area contributed by atoms with Crippen molar-refractivity contribution < 1.29 is 9.59 Å². The smallest absolute Gasteiger partial charge is 0.274 e. The minimum Gasteiger partial charge on any atom is -0.351 e. The second-order valence-corrected chi connectivity index (χ2v) is 8.22. The average molecular weight is 517 g/mol. The summed E-state index contributed by atoms with van der Waals surface area (Å²) in [4.78, 5) is 30.5. The number of aromatic nitrogens is 5. The van der Waals surface area contributed by atoms with Gasteiger partial charge < -0.3 is 10.6 Å². The molecule has 0 aliphatic rings. The van der Waals surface area contributed by atoms with E-state index in [1.165, 1.54) is 9.20 Å². The van der Waals surface area contributed by atoms with Crippen molar-refractivity contribution in [1.82, 2.24) is 29.7 Å². The van der Waals surface area contributed by atoms with E-state index in [0.29, 0.717) is 33.2 Å². The first-order valence-corrected chi connectivity index (χ1v) is 11.0. The lowest BCUT2D eigenvalue weighted by atomic mass is 10.1. The van der Waals surface area contributed by atoms with Gasteiger partial charge in [-0.05, 0) is 59.1 Å². The van der Waals surface area contributed by atoms with Crippen molar-refractivity contribution >= 4 is 50.5 Å². The van der Waals surface area contributed by atoms with Gasteiger partial charge in [0.2, 0.25) is 0 Å². The molecule has 0 bridgehead atoms. The van der Waals surface area contributed by atoms with E-state index in [1.807, 2.05) is 19.9 Å². The molecule has 0 fully saturated rings. The standard InChI is InChI=1S/C21H19BrClN7O2/c1-3-7-25-21(32)18-17(12(2)10-13-6-9-26-29(13)18)27-20(31)15-11-16(22)28-30(15)19-14(23)5-4-8-24-19/h4-6,8-11H,3,7H2,1-2H3,(H,25,32)(H,27,31). The molecule has 4 aromatic heterocycles. The highest BCUT2D eigenvalue weighted by Gasteiger charge is 2.24. The van der Waals surface area contributed by atoms with Crippen LogP contribution in [-0.4, -0.2) is 42.7 Å². The Balaban J connectivity index is 1.78. The topological polar surface area (TPSA) is 106 Å². The first-order valence-electron chi connectivity index (χ1n) is 9.84. The molecule has 0 radical (unpaired) electrons. The summed E-state index contributed by atoms with van der Waals surface area (Å²) in [5.41, 5.74) is 2.25. The van der Waals surface area contributed by atoms with Crippen LogP contribution < -0.4 is 10.6 Å². The third kappa shape index (κ3) is 4.11. The van der Waals surface area contributed by atoms with Crippen molar-refractivity contribution in [3.63, 3.8) is 0 Å². The molecule has 11 heteroatoms. The zero-order chi connectivity index (χ0) is 22.8. The molecule has 0 unspecified atom stereocenters. The second kappa shape index (κ2) is 9.09. The lowest BCUT2D eigenvalue weighted by Gasteiger charge is -2.16. The number of halogens is 2.